The summed E-state index contributed by atoms with van der Waals surface area (Å²) in [4.78, 5) is 11.9. The van der Waals surface area contributed by atoms with E-state index in [2.05, 4.69) is 10.6 Å². The van der Waals surface area contributed by atoms with E-state index >= 15 is 0 Å². The van der Waals surface area contributed by atoms with Gasteiger partial charge in [-0.1, -0.05) is 30.5 Å². The molecule has 1 saturated carbocycles. The highest BCUT2D eigenvalue weighted by Crippen LogP contribution is 2.32. The lowest BCUT2D eigenvalue weighted by atomic mass is 10.0. The second-order valence-electron chi connectivity index (χ2n) is 5.06. The fourth-order valence-corrected chi connectivity index (χ4v) is 2.69. The van der Waals surface area contributed by atoms with Gasteiger partial charge in [-0.05, 0) is 25.0 Å². The summed E-state index contributed by atoms with van der Waals surface area (Å²) < 4.78 is 5.15. The van der Waals surface area contributed by atoms with Gasteiger partial charge in [0, 0.05) is 6.54 Å². The van der Waals surface area contributed by atoms with E-state index in [1.54, 1.807) is 18.2 Å². The number of amides is 2. The highest BCUT2D eigenvalue weighted by atomic mass is 35.5. The van der Waals surface area contributed by atoms with Crippen LogP contribution in [0.1, 0.15) is 25.7 Å². The normalized spacial score (nSPS) is 16.8. The van der Waals surface area contributed by atoms with Crippen molar-refractivity contribution in [3.05, 3.63) is 23.2 Å². The Morgan fingerprint density at radius 1 is 1.45 bits per heavy atom. The zero-order valence-corrected chi connectivity index (χ0v) is 12.2. The molecule has 3 N–H and O–H groups in total. The van der Waals surface area contributed by atoms with E-state index in [-0.39, 0.29) is 12.6 Å². The Morgan fingerprint density at radius 3 is 2.80 bits per heavy atom. The van der Waals surface area contributed by atoms with Gasteiger partial charge in [0.25, 0.3) is 0 Å². The van der Waals surface area contributed by atoms with Crippen LogP contribution in [0.2, 0.25) is 5.02 Å². The molecule has 0 aromatic heterocycles. The third-order valence-corrected chi connectivity index (χ3v) is 3.83. The maximum absolute atomic E-state index is 11.9. The molecule has 1 aromatic rings. The number of carbonyl (C=O) groups is 1. The molecule has 5 nitrogen and oxygen atoms in total. The average Bonchev–Trinajstić information content (AvgIpc) is 2.84. The van der Waals surface area contributed by atoms with Crippen LogP contribution in [-0.2, 0) is 0 Å². The summed E-state index contributed by atoms with van der Waals surface area (Å²) in [5.74, 6) is 0.420. The molecule has 0 heterocycles. The number of hydrogen-bond acceptors (Lipinski definition) is 3. The molecule has 20 heavy (non-hydrogen) atoms. The number of hydrogen-bond donors (Lipinski definition) is 3. The molecule has 0 radical (unpaired) electrons. The summed E-state index contributed by atoms with van der Waals surface area (Å²) >= 11 is 5.98. The molecule has 2 rings (SSSR count). The Kier molecular flexibility index (Phi) is 4.73. The van der Waals surface area contributed by atoms with Crippen molar-refractivity contribution in [2.75, 3.05) is 19.0 Å². The summed E-state index contributed by atoms with van der Waals surface area (Å²) in [6.45, 7) is 0.252. The summed E-state index contributed by atoms with van der Waals surface area (Å²) in [5.41, 5.74) is -0.272. The predicted molar refractivity (Wildman–Crippen MR) is 78.4 cm³/mol. The van der Waals surface area contributed by atoms with Crippen LogP contribution in [0.15, 0.2) is 18.2 Å². The SMILES string of the molecule is COc1c(Cl)cccc1NC(=O)NCC1(O)CCCC1. The van der Waals surface area contributed by atoms with E-state index in [1.165, 1.54) is 7.11 Å². The summed E-state index contributed by atoms with van der Waals surface area (Å²) in [5, 5.41) is 16.0. The first-order chi connectivity index (χ1) is 9.54. The maximum atomic E-state index is 11.9. The molecule has 1 aliphatic carbocycles. The molecule has 0 saturated heterocycles. The van der Waals surface area contributed by atoms with E-state index in [4.69, 9.17) is 16.3 Å². The lowest BCUT2D eigenvalue weighted by Crippen LogP contribution is -2.42. The average molecular weight is 299 g/mol. The van der Waals surface area contributed by atoms with Crippen LogP contribution in [-0.4, -0.2) is 30.4 Å². The minimum atomic E-state index is -0.768. The van der Waals surface area contributed by atoms with Gasteiger partial charge >= 0.3 is 6.03 Å². The summed E-state index contributed by atoms with van der Waals surface area (Å²) in [6.07, 6.45) is 3.46. The monoisotopic (exact) mass is 298 g/mol. The van der Waals surface area contributed by atoms with Gasteiger partial charge in [0.15, 0.2) is 5.75 Å². The lowest BCUT2D eigenvalue weighted by molar-refractivity contribution is 0.0506. The summed E-state index contributed by atoms with van der Waals surface area (Å²) in [7, 11) is 1.49. The standard InChI is InChI=1S/C14H19ClN2O3/c1-20-12-10(15)5-4-6-11(12)17-13(18)16-9-14(19)7-2-3-8-14/h4-6,19H,2-3,7-9H2,1H3,(H2,16,17,18). The highest BCUT2D eigenvalue weighted by molar-refractivity contribution is 6.32. The van der Waals surface area contributed by atoms with Gasteiger partial charge in [0.1, 0.15) is 0 Å². The second-order valence-corrected chi connectivity index (χ2v) is 5.47. The largest absolute Gasteiger partial charge is 0.493 e. The topological polar surface area (TPSA) is 70.6 Å². The Morgan fingerprint density at radius 2 is 2.15 bits per heavy atom. The molecule has 2 amide bonds. The van der Waals surface area contributed by atoms with Gasteiger partial charge in [-0.3, -0.25) is 0 Å². The van der Waals surface area contributed by atoms with Crippen LogP contribution in [0.4, 0.5) is 10.5 Å². The third kappa shape index (κ3) is 3.55. The minimum absolute atomic E-state index is 0.252. The third-order valence-electron chi connectivity index (χ3n) is 3.53. The molecular weight excluding hydrogens is 280 g/mol. The van der Waals surface area contributed by atoms with E-state index in [1.807, 2.05) is 0 Å². The smallest absolute Gasteiger partial charge is 0.319 e. The van der Waals surface area contributed by atoms with E-state index in [0.717, 1.165) is 25.7 Å². The molecule has 1 fully saturated rings. The number of ether oxygens (including phenoxy) is 1. The van der Waals surface area contributed by atoms with Crippen molar-refractivity contribution < 1.29 is 14.6 Å². The Balaban J connectivity index is 1.93. The van der Waals surface area contributed by atoms with Crippen LogP contribution < -0.4 is 15.4 Å². The van der Waals surface area contributed by atoms with Gasteiger partial charge in [0.05, 0.1) is 23.4 Å². The van der Waals surface area contributed by atoms with Crippen molar-refractivity contribution in [2.45, 2.75) is 31.3 Å². The zero-order valence-electron chi connectivity index (χ0n) is 11.4. The van der Waals surface area contributed by atoms with Gasteiger partial charge in [-0.15, -0.1) is 0 Å². The number of rotatable bonds is 4. The highest BCUT2D eigenvalue weighted by Gasteiger charge is 2.31. The van der Waals surface area contributed by atoms with Gasteiger partial charge in [-0.25, -0.2) is 4.79 Å². The van der Waals surface area contributed by atoms with Crippen LogP contribution in [0.25, 0.3) is 0 Å². The number of carbonyl (C=O) groups excluding carboxylic acids is 1. The van der Waals surface area contributed by atoms with Gasteiger partial charge < -0.3 is 20.5 Å². The Hall–Kier alpha value is -1.46. The van der Waals surface area contributed by atoms with Gasteiger partial charge in [-0.2, -0.15) is 0 Å². The number of para-hydroxylation sites is 1. The number of anilines is 1. The molecule has 0 unspecified atom stereocenters. The number of nitrogens with one attached hydrogen (secondary N) is 2. The molecule has 1 aromatic carbocycles. The Labute approximate surface area is 123 Å². The van der Waals surface area contributed by atoms with Crippen molar-refractivity contribution in [3.8, 4) is 5.75 Å². The molecule has 0 bridgehead atoms. The first kappa shape index (κ1) is 14.9. The molecular formula is C14H19ClN2O3. The first-order valence-electron chi connectivity index (χ1n) is 6.64. The molecule has 0 atom stereocenters. The maximum Gasteiger partial charge on any atom is 0.319 e. The molecule has 1 aliphatic rings. The van der Waals surface area contributed by atoms with Crippen molar-refractivity contribution in [1.82, 2.24) is 5.32 Å². The van der Waals surface area contributed by atoms with Crippen molar-refractivity contribution in [3.63, 3.8) is 0 Å². The second kappa shape index (κ2) is 6.33. The molecule has 0 aliphatic heterocycles. The van der Waals surface area contributed by atoms with Crippen LogP contribution >= 0.6 is 11.6 Å². The van der Waals surface area contributed by atoms with Crippen molar-refractivity contribution >= 4 is 23.3 Å². The van der Waals surface area contributed by atoms with Crippen molar-refractivity contribution in [1.29, 1.82) is 0 Å². The number of benzene rings is 1. The quantitative estimate of drug-likeness (QED) is 0.800. The minimum Gasteiger partial charge on any atom is -0.493 e. The number of aliphatic hydroxyl groups is 1. The fourth-order valence-electron chi connectivity index (χ4n) is 2.44. The molecule has 6 heteroatoms. The van der Waals surface area contributed by atoms with E-state index in [9.17, 15) is 9.90 Å². The van der Waals surface area contributed by atoms with Crippen LogP contribution in [0.5, 0.6) is 5.75 Å². The van der Waals surface area contributed by atoms with E-state index < -0.39 is 5.60 Å². The van der Waals surface area contributed by atoms with E-state index in [0.29, 0.717) is 16.5 Å². The molecule has 0 spiro atoms. The van der Waals surface area contributed by atoms with Gasteiger partial charge in [0.2, 0.25) is 0 Å². The number of methoxy groups -OCH3 is 1. The predicted octanol–water partition coefficient (Wildman–Crippen LogP) is 2.78. The molecule has 110 valence electrons. The Bertz CT molecular complexity index is 487. The van der Waals surface area contributed by atoms with Crippen LogP contribution in [0.3, 0.4) is 0 Å². The number of urea groups is 1. The lowest BCUT2D eigenvalue weighted by Gasteiger charge is -2.22. The fraction of sp³-hybridized carbons (Fsp3) is 0.500. The van der Waals surface area contributed by atoms with Crippen molar-refractivity contribution in [2.24, 2.45) is 0 Å². The first-order valence-corrected chi connectivity index (χ1v) is 7.02. The van der Waals surface area contributed by atoms with Crippen LogP contribution in [0, 0.1) is 0 Å². The zero-order chi connectivity index (χ0) is 14.6. The summed E-state index contributed by atoms with van der Waals surface area (Å²) in [6, 6.07) is 4.73. The number of halogens is 1.